The van der Waals surface area contributed by atoms with E-state index in [9.17, 15) is 9.90 Å². The third-order valence-electron chi connectivity index (χ3n) is 5.04. The Labute approximate surface area is 164 Å². The maximum absolute atomic E-state index is 11.7. The van der Waals surface area contributed by atoms with Crippen LogP contribution in [0.4, 0.5) is 4.79 Å². The lowest BCUT2D eigenvalue weighted by Gasteiger charge is -2.23. The van der Waals surface area contributed by atoms with Crippen LogP contribution in [0.5, 0.6) is 0 Å². The molecule has 1 rings (SSSR count). The fraction of sp³-hybridized carbons (Fsp3) is 0.682. The van der Waals surface area contributed by atoms with Crippen molar-refractivity contribution in [2.75, 3.05) is 20.3 Å². The van der Waals surface area contributed by atoms with Crippen LogP contribution in [-0.4, -0.2) is 36.6 Å². The van der Waals surface area contributed by atoms with Gasteiger partial charge in [-0.05, 0) is 42.7 Å². The standard InChI is InChI=1S/C22H37NO4/c1-3-4-5-6-7-8-9-18-10-12-20(13-11-18)21(23-22(26)27-2)16-19(17-25)14-15-24/h10-13,19,21,24-25H,3-9,14-17H2,1-2H3,(H,23,26). The average molecular weight is 380 g/mol. The highest BCUT2D eigenvalue weighted by Gasteiger charge is 2.20. The van der Waals surface area contributed by atoms with Gasteiger partial charge < -0.3 is 20.3 Å². The number of alkyl carbamates (subject to hydrolysis) is 1. The number of rotatable bonds is 14. The number of hydrogen-bond donors (Lipinski definition) is 3. The van der Waals surface area contributed by atoms with E-state index >= 15 is 0 Å². The molecule has 0 bridgehead atoms. The van der Waals surface area contributed by atoms with Gasteiger partial charge in [0.05, 0.1) is 13.2 Å². The van der Waals surface area contributed by atoms with Crippen LogP contribution in [0.25, 0.3) is 0 Å². The average Bonchev–Trinajstić information content (AvgIpc) is 2.69. The van der Waals surface area contributed by atoms with Crippen LogP contribution in [0.2, 0.25) is 0 Å². The third kappa shape index (κ3) is 9.78. The van der Waals surface area contributed by atoms with E-state index in [1.807, 2.05) is 12.1 Å². The Morgan fingerprint density at radius 2 is 1.74 bits per heavy atom. The summed E-state index contributed by atoms with van der Waals surface area (Å²) in [4.78, 5) is 11.7. The van der Waals surface area contributed by atoms with Gasteiger partial charge in [-0.3, -0.25) is 0 Å². The molecule has 0 fully saturated rings. The highest BCUT2D eigenvalue weighted by Crippen LogP contribution is 2.24. The molecule has 2 atom stereocenters. The summed E-state index contributed by atoms with van der Waals surface area (Å²) < 4.78 is 4.73. The number of benzene rings is 1. The summed E-state index contributed by atoms with van der Waals surface area (Å²) in [6.45, 7) is 2.24. The van der Waals surface area contributed by atoms with E-state index in [1.54, 1.807) is 0 Å². The fourth-order valence-electron chi connectivity index (χ4n) is 3.31. The summed E-state index contributed by atoms with van der Waals surface area (Å²) >= 11 is 0. The number of aryl methyl sites for hydroxylation is 1. The second-order valence-electron chi connectivity index (χ2n) is 7.24. The smallest absolute Gasteiger partial charge is 0.407 e. The molecule has 0 saturated carbocycles. The second kappa shape index (κ2) is 14.5. The van der Waals surface area contributed by atoms with E-state index in [4.69, 9.17) is 9.84 Å². The van der Waals surface area contributed by atoms with Crippen LogP contribution in [0.3, 0.4) is 0 Å². The van der Waals surface area contributed by atoms with Gasteiger partial charge in [-0.15, -0.1) is 0 Å². The van der Waals surface area contributed by atoms with Gasteiger partial charge in [0.25, 0.3) is 0 Å². The lowest BCUT2D eigenvalue weighted by molar-refractivity contribution is 0.150. The molecule has 154 valence electrons. The molecule has 0 aromatic heterocycles. The monoisotopic (exact) mass is 379 g/mol. The Bertz CT molecular complexity index is 504. The van der Waals surface area contributed by atoms with Crippen molar-refractivity contribution in [3.05, 3.63) is 35.4 Å². The summed E-state index contributed by atoms with van der Waals surface area (Å²) in [5, 5.41) is 21.5. The summed E-state index contributed by atoms with van der Waals surface area (Å²) in [7, 11) is 1.34. The first-order valence-corrected chi connectivity index (χ1v) is 10.3. The lowest BCUT2D eigenvalue weighted by Crippen LogP contribution is -2.30. The van der Waals surface area contributed by atoms with E-state index in [-0.39, 0.29) is 25.2 Å². The number of methoxy groups -OCH3 is 1. The van der Waals surface area contributed by atoms with Gasteiger partial charge in [-0.25, -0.2) is 4.79 Å². The first-order valence-electron chi connectivity index (χ1n) is 10.3. The Kier molecular flexibility index (Phi) is 12.6. The molecule has 1 aromatic carbocycles. The molecule has 1 amide bonds. The largest absolute Gasteiger partial charge is 0.453 e. The minimum absolute atomic E-state index is 0.0178. The van der Waals surface area contributed by atoms with Crippen molar-refractivity contribution in [3.8, 4) is 0 Å². The van der Waals surface area contributed by atoms with Crippen molar-refractivity contribution in [1.82, 2.24) is 5.32 Å². The van der Waals surface area contributed by atoms with E-state index in [2.05, 4.69) is 24.4 Å². The highest BCUT2D eigenvalue weighted by molar-refractivity contribution is 5.67. The van der Waals surface area contributed by atoms with Crippen LogP contribution < -0.4 is 5.32 Å². The number of carbonyl (C=O) groups excluding carboxylic acids is 1. The number of hydrogen-bond acceptors (Lipinski definition) is 4. The third-order valence-corrected chi connectivity index (χ3v) is 5.04. The minimum Gasteiger partial charge on any atom is -0.453 e. The van der Waals surface area contributed by atoms with Crippen LogP contribution in [0.1, 0.15) is 75.5 Å². The minimum atomic E-state index is -0.489. The number of ether oxygens (including phenoxy) is 1. The molecule has 0 heterocycles. The van der Waals surface area contributed by atoms with E-state index in [0.29, 0.717) is 12.8 Å². The zero-order valence-electron chi connectivity index (χ0n) is 17.0. The lowest BCUT2D eigenvalue weighted by atomic mass is 9.92. The highest BCUT2D eigenvalue weighted by atomic mass is 16.5. The van der Waals surface area contributed by atoms with Crippen LogP contribution in [0.15, 0.2) is 24.3 Å². The molecule has 2 unspecified atom stereocenters. The molecular formula is C22H37NO4. The van der Waals surface area contributed by atoms with Crippen LogP contribution >= 0.6 is 0 Å². The van der Waals surface area contributed by atoms with Gasteiger partial charge >= 0.3 is 6.09 Å². The molecule has 0 radical (unpaired) electrons. The van der Waals surface area contributed by atoms with Crippen molar-refractivity contribution in [2.24, 2.45) is 5.92 Å². The van der Waals surface area contributed by atoms with Gasteiger partial charge in [0.15, 0.2) is 0 Å². The molecule has 0 aliphatic rings. The van der Waals surface area contributed by atoms with Gasteiger partial charge in [0.1, 0.15) is 0 Å². The van der Waals surface area contributed by atoms with Crippen LogP contribution in [-0.2, 0) is 11.2 Å². The number of unbranched alkanes of at least 4 members (excludes halogenated alkanes) is 5. The van der Waals surface area contributed by atoms with Gasteiger partial charge in [-0.2, -0.15) is 0 Å². The Hall–Kier alpha value is -1.59. The zero-order valence-corrected chi connectivity index (χ0v) is 17.0. The molecule has 5 nitrogen and oxygen atoms in total. The SMILES string of the molecule is CCCCCCCCc1ccc(C(CC(CO)CCO)NC(=O)OC)cc1. The van der Waals surface area contributed by atoms with Crippen molar-refractivity contribution < 1.29 is 19.7 Å². The van der Waals surface area contributed by atoms with Gasteiger partial charge in [0.2, 0.25) is 0 Å². The fourth-order valence-corrected chi connectivity index (χ4v) is 3.31. The predicted octanol–water partition coefficient (Wildman–Crippen LogP) is 4.37. The quantitative estimate of drug-likeness (QED) is 0.420. The van der Waals surface area contributed by atoms with E-state index < -0.39 is 6.09 Å². The summed E-state index contributed by atoms with van der Waals surface area (Å²) in [6, 6.07) is 8.07. The Morgan fingerprint density at radius 3 is 2.33 bits per heavy atom. The molecule has 0 aliphatic carbocycles. The number of aliphatic hydroxyl groups is 2. The number of nitrogens with one attached hydrogen (secondary N) is 1. The maximum atomic E-state index is 11.7. The first-order chi connectivity index (χ1) is 13.1. The molecule has 0 aliphatic heterocycles. The Balaban J connectivity index is 2.62. The summed E-state index contributed by atoms with van der Waals surface area (Å²) in [5.41, 5.74) is 2.30. The van der Waals surface area contributed by atoms with Crippen LogP contribution in [0, 0.1) is 5.92 Å². The first kappa shape index (κ1) is 23.4. The predicted molar refractivity (Wildman–Crippen MR) is 109 cm³/mol. The van der Waals surface area contributed by atoms with E-state index in [1.165, 1.54) is 51.2 Å². The van der Waals surface area contributed by atoms with E-state index in [0.717, 1.165) is 12.0 Å². The molecular weight excluding hydrogens is 342 g/mol. The summed E-state index contributed by atoms with van der Waals surface area (Å²) in [6.07, 6.45) is 9.37. The molecule has 0 saturated heterocycles. The van der Waals surface area contributed by atoms with Crippen molar-refractivity contribution >= 4 is 6.09 Å². The van der Waals surface area contributed by atoms with Gasteiger partial charge in [0, 0.05) is 13.2 Å². The maximum Gasteiger partial charge on any atom is 0.407 e. The molecule has 1 aromatic rings. The topological polar surface area (TPSA) is 78.8 Å². The number of carbonyl (C=O) groups is 1. The number of amides is 1. The van der Waals surface area contributed by atoms with Crippen molar-refractivity contribution in [3.63, 3.8) is 0 Å². The molecule has 3 N–H and O–H groups in total. The normalized spacial score (nSPS) is 13.2. The van der Waals surface area contributed by atoms with Gasteiger partial charge in [-0.1, -0.05) is 63.3 Å². The number of aliphatic hydroxyl groups excluding tert-OH is 2. The summed E-state index contributed by atoms with van der Waals surface area (Å²) in [5.74, 6) is -0.0695. The van der Waals surface area contributed by atoms with Crippen molar-refractivity contribution in [2.45, 2.75) is 70.8 Å². The molecule has 0 spiro atoms. The Morgan fingerprint density at radius 1 is 1.07 bits per heavy atom. The zero-order chi connectivity index (χ0) is 19.9. The van der Waals surface area contributed by atoms with Crippen molar-refractivity contribution in [1.29, 1.82) is 0 Å². The second-order valence-corrected chi connectivity index (χ2v) is 7.24. The molecule has 27 heavy (non-hydrogen) atoms. The molecule has 5 heteroatoms.